The monoisotopic (exact) mass is 396 g/mol. The van der Waals surface area contributed by atoms with E-state index in [0.29, 0.717) is 18.3 Å². The Kier molecular flexibility index (Phi) is 5.00. The van der Waals surface area contributed by atoms with Gasteiger partial charge in [-0.05, 0) is 64.2 Å². The van der Waals surface area contributed by atoms with Gasteiger partial charge in [0, 0.05) is 23.9 Å². The number of fused-ring (bicyclic) bond motifs is 4. The average Bonchev–Trinajstić information content (AvgIpc) is 3.03. The van der Waals surface area contributed by atoms with Crippen LogP contribution in [0.2, 0.25) is 0 Å². The van der Waals surface area contributed by atoms with Gasteiger partial charge in [0.2, 0.25) is 0 Å². The predicted molar refractivity (Wildman–Crippen MR) is 107 cm³/mol. The lowest BCUT2D eigenvalue weighted by molar-refractivity contribution is -0.359. The van der Waals surface area contributed by atoms with Crippen molar-refractivity contribution in [2.75, 3.05) is 19.8 Å². The van der Waals surface area contributed by atoms with Crippen LogP contribution in [0, 0.1) is 22.7 Å². The molecule has 2 aliphatic carbocycles. The number of ether oxygens (including phenoxy) is 3. The quantitative estimate of drug-likeness (QED) is 0.762. The molecule has 0 unspecified atom stereocenters. The highest BCUT2D eigenvalue weighted by Gasteiger charge is 2.70. The Morgan fingerprint density at radius 1 is 0.964 bits per heavy atom. The first-order chi connectivity index (χ1) is 13.1. The number of hydrogen-bond acceptors (Lipinski definition) is 5. The molecule has 4 aliphatic rings. The molecule has 4 fully saturated rings. The minimum absolute atomic E-state index is 0.0108. The lowest BCUT2D eigenvalue weighted by Gasteiger charge is -2.67. The lowest BCUT2D eigenvalue weighted by Crippen LogP contribution is -2.69. The zero-order valence-electron chi connectivity index (χ0n) is 18.4. The highest BCUT2D eigenvalue weighted by Crippen LogP contribution is 2.69. The van der Waals surface area contributed by atoms with Crippen molar-refractivity contribution in [1.29, 1.82) is 0 Å². The Bertz CT molecular complexity index is 608. The van der Waals surface area contributed by atoms with Gasteiger partial charge >= 0.3 is 0 Å². The first-order valence-corrected chi connectivity index (χ1v) is 11.3. The van der Waals surface area contributed by atoms with Gasteiger partial charge in [0.25, 0.3) is 0 Å². The van der Waals surface area contributed by atoms with Crippen LogP contribution in [0.3, 0.4) is 0 Å². The summed E-state index contributed by atoms with van der Waals surface area (Å²) in [6.07, 6.45) is 6.95. The zero-order valence-corrected chi connectivity index (χ0v) is 18.4. The van der Waals surface area contributed by atoms with Gasteiger partial charge in [0.05, 0.1) is 30.5 Å². The topological polar surface area (TPSA) is 68.2 Å². The largest absolute Gasteiger partial charge is 0.396 e. The van der Waals surface area contributed by atoms with Crippen molar-refractivity contribution < 1.29 is 24.4 Å². The van der Waals surface area contributed by atoms with Crippen LogP contribution in [0.25, 0.3) is 0 Å². The standard InChI is InChI=1S/C23H40O5/c1-16-6-7-17-20(4)15-26-19(2,3)27-18(20)8-9-21(17,5)23(16)11-10-22(14-25,28-23)12-13-24/h16-18,24-25H,6-15H2,1-5H3/t16-,17-,18-,20+,21+,22-,23+/m1/s1. The van der Waals surface area contributed by atoms with E-state index in [0.717, 1.165) is 38.7 Å². The van der Waals surface area contributed by atoms with E-state index >= 15 is 0 Å². The fourth-order valence-electron chi connectivity index (χ4n) is 7.57. The fourth-order valence-corrected chi connectivity index (χ4v) is 7.57. The lowest BCUT2D eigenvalue weighted by atomic mass is 9.43. The van der Waals surface area contributed by atoms with Crippen LogP contribution in [-0.2, 0) is 14.2 Å². The molecule has 1 spiro atoms. The number of rotatable bonds is 3. The molecular formula is C23H40O5. The molecule has 162 valence electrons. The van der Waals surface area contributed by atoms with Crippen LogP contribution < -0.4 is 0 Å². The highest BCUT2D eigenvalue weighted by atomic mass is 16.7. The van der Waals surface area contributed by atoms with Crippen LogP contribution in [0.5, 0.6) is 0 Å². The minimum atomic E-state index is -0.590. The third-order valence-corrected chi connectivity index (χ3v) is 9.24. The fraction of sp³-hybridized carbons (Fsp3) is 1.00. The summed E-state index contributed by atoms with van der Waals surface area (Å²) in [5.74, 6) is 0.409. The maximum atomic E-state index is 10.1. The Morgan fingerprint density at radius 3 is 2.39 bits per heavy atom. The van der Waals surface area contributed by atoms with Gasteiger partial charge < -0.3 is 24.4 Å². The van der Waals surface area contributed by atoms with Crippen molar-refractivity contribution >= 4 is 0 Å². The third-order valence-electron chi connectivity index (χ3n) is 9.24. The van der Waals surface area contributed by atoms with Gasteiger partial charge in [-0.25, -0.2) is 0 Å². The second-order valence-electron chi connectivity index (χ2n) is 11.1. The van der Waals surface area contributed by atoms with E-state index in [1.165, 1.54) is 6.42 Å². The Morgan fingerprint density at radius 2 is 1.71 bits per heavy atom. The number of hydrogen-bond donors (Lipinski definition) is 2. The normalized spacial score (nSPS) is 53.0. The Hall–Kier alpha value is -0.200. The second kappa shape index (κ2) is 6.65. The molecule has 2 aliphatic heterocycles. The number of aliphatic hydroxyl groups is 2. The van der Waals surface area contributed by atoms with E-state index in [-0.39, 0.29) is 35.7 Å². The Labute approximate surface area is 170 Å². The average molecular weight is 397 g/mol. The molecular weight excluding hydrogens is 356 g/mol. The maximum absolute atomic E-state index is 10.1. The summed E-state index contributed by atoms with van der Waals surface area (Å²) in [6.45, 7) is 12.0. The molecule has 7 atom stereocenters. The molecule has 5 heteroatoms. The van der Waals surface area contributed by atoms with Crippen molar-refractivity contribution in [3.05, 3.63) is 0 Å². The van der Waals surface area contributed by atoms with Crippen LogP contribution >= 0.6 is 0 Å². The van der Waals surface area contributed by atoms with E-state index in [2.05, 4.69) is 20.8 Å². The van der Waals surface area contributed by atoms with Crippen LogP contribution in [0.1, 0.15) is 79.6 Å². The predicted octanol–water partition coefficient (Wildman–Crippen LogP) is 3.65. The van der Waals surface area contributed by atoms with E-state index in [9.17, 15) is 10.2 Å². The van der Waals surface area contributed by atoms with Crippen LogP contribution in [-0.4, -0.2) is 53.1 Å². The van der Waals surface area contributed by atoms with E-state index < -0.39 is 11.4 Å². The SMILES string of the molecule is C[C@@H]1CC[C@@H]2[C@]3(C)COC(C)(C)O[C@@H]3CC[C@]2(C)[C@]12CC[C@](CO)(CCO)O2. The third kappa shape index (κ3) is 2.76. The molecule has 4 rings (SSSR count). The molecule has 0 amide bonds. The molecule has 2 heterocycles. The first-order valence-electron chi connectivity index (χ1n) is 11.3. The molecule has 28 heavy (non-hydrogen) atoms. The van der Waals surface area contributed by atoms with E-state index in [1.54, 1.807) is 0 Å². The van der Waals surface area contributed by atoms with E-state index in [1.807, 2.05) is 13.8 Å². The summed E-state index contributed by atoms with van der Waals surface area (Å²) in [5.41, 5.74) is -0.820. The molecule has 2 saturated carbocycles. The second-order valence-corrected chi connectivity index (χ2v) is 11.1. The van der Waals surface area contributed by atoms with Crippen molar-refractivity contribution in [1.82, 2.24) is 0 Å². The maximum Gasteiger partial charge on any atom is 0.163 e. The molecule has 2 saturated heterocycles. The van der Waals surface area contributed by atoms with Gasteiger partial charge in [-0.1, -0.05) is 20.8 Å². The van der Waals surface area contributed by atoms with Crippen LogP contribution in [0.15, 0.2) is 0 Å². The summed E-state index contributed by atoms with van der Waals surface area (Å²) in [4.78, 5) is 0. The van der Waals surface area contributed by atoms with Crippen molar-refractivity contribution in [3.8, 4) is 0 Å². The molecule has 2 N–H and O–H groups in total. The van der Waals surface area contributed by atoms with Gasteiger partial charge in [-0.15, -0.1) is 0 Å². The molecule has 0 aromatic rings. The zero-order chi connectivity index (χ0) is 20.4. The molecule has 0 bridgehead atoms. The van der Waals surface area contributed by atoms with Crippen molar-refractivity contribution in [2.24, 2.45) is 22.7 Å². The summed E-state index contributed by atoms with van der Waals surface area (Å²) >= 11 is 0. The first kappa shape index (κ1) is 21.0. The van der Waals surface area contributed by atoms with Crippen LogP contribution in [0.4, 0.5) is 0 Å². The van der Waals surface area contributed by atoms with Gasteiger partial charge in [0.1, 0.15) is 0 Å². The summed E-state index contributed by atoms with van der Waals surface area (Å²) in [7, 11) is 0. The van der Waals surface area contributed by atoms with Gasteiger partial charge in [-0.2, -0.15) is 0 Å². The van der Waals surface area contributed by atoms with Gasteiger partial charge in [-0.3, -0.25) is 0 Å². The smallest absolute Gasteiger partial charge is 0.163 e. The summed E-state index contributed by atoms with van der Waals surface area (Å²) < 4.78 is 19.5. The van der Waals surface area contributed by atoms with Crippen molar-refractivity contribution in [3.63, 3.8) is 0 Å². The van der Waals surface area contributed by atoms with E-state index in [4.69, 9.17) is 14.2 Å². The molecule has 0 radical (unpaired) electrons. The van der Waals surface area contributed by atoms with Crippen molar-refractivity contribution in [2.45, 2.75) is 103 Å². The molecule has 0 aromatic carbocycles. The Balaban J connectivity index is 1.70. The number of aliphatic hydroxyl groups excluding tert-OH is 2. The minimum Gasteiger partial charge on any atom is -0.396 e. The summed E-state index contributed by atoms with van der Waals surface area (Å²) in [6, 6.07) is 0. The molecule has 0 aromatic heterocycles. The molecule has 5 nitrogen and oxygen atoms in total. The highest BCUT2D eigenvalue weighted by molar-refractivity contribution is 5.18. The van der Waals surface area contributed by atoms with Gasteiger partial charge in [0.15, 0.2) is 5.79 Å². The summed E-state index contributed by atoms with van der Waals surface area (Å²) in [5, 5.41) is 19.7.